The quantitative estimate of drug-likeness (QED) is 0.352. The molecule has 0 saturated heterocycles. The van der Waals surface area contributed by atoms with E-state index in [1.807, 2.05) is 73.7 Å². The van der Waals surface area contributed by atoms with Gasteiger partial charge in [0, 0.05) is 0 Å². The zero-order valence-electron chi connectivity index (χ0n) is 17.1. The van der Waals surface area contributed by atoms with Crippen LogP contribution < -0.4 is 15.5 Å². The summed E-state index contributed by atoms with van der Waals surface area (Å²) in [6, 6.07) is 21.0. The summed E-state index contributed by atoms with van der Waals surface area (Å²) in [6.07, 6.45) is 0. The lowest BCUT2D eigenvalue weighted by atomic mass is 10.1. The van der Waals surface area contributed by atoms with Crippen molar-refractivity contribution >= 4 is 28.5 Å². The summed E-state index contributed by atoms with van der Waals surface area (Å²) < 4.78 is 11.1. The van der Waals surface area contributed by atoms with Crippen molar-refractivity contribution in [2.24, 2.45) is 5.10 Å². The van der Waals surface area contributed by atoms with Crippen LogP contribution in [-0.2, 0) is 6.61 Å². The Hall–Kier alpha value is -4.20. The van der Waals surface area contributed by atoms with E-state index in [-0.39, 0.29) is 18.5 Å². The molecule has 8 heteroatoms. The van der Waals surface area contributed by atoms with Crippen molar-refractivity contribution in [3.63, 3.8) is 0 Å². The normalized spacial score (nSPS) is 11.4. The average Bonchev–Trinajstić information content (AvgIpc) is 3.23. The molecule has 0 aliphatic carbocycles. The lowest BCUT2D eigenvalue weighted by Gasteiger charge is -2.05. The summed E-state index contributed by atoms with van der Waals surface area (Å²) in [5.74, 6) is 0.924. The number of nitrogens with zero attached hydrogens (tertiary/aromatic N) is 3. The van der Waals surface area contributed by atoms with Gasteiger partial charge in [0.2, 0.25) is 0 Å². The first-order valence-corrected chi connectivity index (χ1v) is 9.69. The van der Waals surface area contributed by atoms with E-state index >= 15 is 0 Å². The summed E-state index contributed by atoms with van der Waals surface area (Å²) in [5, 5.41) is 16.4. The SMILES string of the molecule is C/C(=N/NC(=O)Nc1nnc(COc2ccc3ccccc3c2)o1)c1ccc(C)cc1. The molecule has 31 heavy (non-hydrogen) atoms. The van der Waals surface area contributed by atoms with Gasteiger partial charge in [0.05, 0.1) is 5.71 Å². The Morgan fingerprint density at radius 1 is 1.03 bits per heavy atom. The van der Waals surface area contributed by atoms with Crippen LogP contribution in [0.25, 0.3) is 10.8 Å². The molecule has 8 nitrogen and oxygen atoms in total. The Morgan fingerprint density at radius 3 is 2.61 bits per heavy atom. The number of fused-ring (bicyclic) bond motifs is 1. The third kappa shape index (κ3) is 5.24. The second-order valence-electron chi connectivity index (χ2n) is 6.93. The molecular formula is C23H21N5O3. The molecule has 0 saturated carbocycles. The molecule has 0 spiro atoms. The predicted octanol–water partition coefficient (Wildman–Crippen LogP) is 4.66. The Labute approximate surface area is 178 Å². The van der Waals surface area contributed by atoms with E-state index in [4.69, 9.17) is 9.15 Å². The van der Waals surface area contributed by atoms with Crippen LogP contribution in [0.1, 0.15) is 23.9 Å². The predicted molar refractivity (Wildman–Crippen MR) is 118 cm³/mol. The number of hydrazone groups is 1. The van der Waals surface area contributed by atoms with E-state index in [1.165, 1.54) is 0 Å². The van der Waals surface area contributed by atoms with Crippen LogP contribution in [0.15, 0.2) is 76.2 Å². The molecular weight excluding hydrogens is 394 g/mol. The molecule has 0 fully saturated rings. The van der Waals surface area contributed by atoms with Crippen molar-refractivity contribution in [3.05, 3.63) is 83.7 Å². The number of aryl methyl sites for hydroxylation is 1. The fourth-order valence-electron chi connectivity index (χ4n) is 2.88. The summed E-state index contributed by atoms with van der Waals surface area (Å²) in [5.41, 5.74) is 5.14. The van der Waals surface area contributed by atoms with Crippen LogP contribution in [-0.4, -0.2) is 21.9 Å². The number of hydrogen-bond donors (Lipinski definition) is 2. The molecule has 0 aliphatic heterocycles. The van der Waals surface area contributed by atoms with Crippen LogP contribution in [0.5, 0.6) is 5.75 Å². The number of carbonyl (C=O) groups is 1. The largest absolute Gasteiger partial charge is 0.484 e. The molecule has 2 N–H and O–H groups in total. The van der Waals surface area contributed by atoms with E-state index in [0.29, 0.717) is 11.5 Å². The van der Waals surface area contributed by atoms with Gasteiger partial charge in [-0.25, -0.2) is 10.2 Å². The standard InChI is InChI=1S/C23H21N5O3/c1-15-7-9-17(10-8-15)16(2)25-27-22(29)24-23-28-26-21(31-23)14-30-20-12-11-18-5-3-4-6-19(18)13-20/h3-13H,14H2,1-2H3,(H2,24,27,28,29)/b25-16-. The Kier molecular flexibility index (Phi) is 5.89. The Morgan fingerprint density at radius 2 is 1.81 bits per heavy atom. The molecule has 0 aliphatic rings. The molecule has 156 valence electrons. The van der Waals surface area contributed by atoms with Gasteiger partial charge in [0.1, 0.15) is 5.75 Å². The van der Waals surface area contributed by atoms with Crippen molar-refractivity contribution in [3.8, 4) is 5.75 Å². The molecule has 0 unspecified atom stereocenters. The first kappa shape index (κ1) is 20.1. The van der Waals surface area contributed by atoms with E-state index in [9.17, 15) is 4.79 Å². The molecule has 2 amide bonds. The van der Waals surface area contributed by atoms with Gasteiger partial charge < -0.3 is 9.15 Å². The summed E-state index contributed by atoms with van der Waals surface area (Å²) in [7, 11) is 0. The van der Waals surface area contributed by atoms with Gasteiger partial charge in [-0.05, 0) is 42.3 Å². The number of amides is 2. The van der Waals surface area contributed by atoms with Crippen molar-refractivity contribution in [1.29, 1.82) is 0 Å². The molecule has 4 rings (SSSR count). The fraction of sp³-hybridized carbons (Fsp3) is 0.130. The van der Waals surface area contributed by atoms with E-state index in [0.717, 1.165) is 21.9 Å². The number of urea groups is 1. The lowest BCUT2D eigenvalue weighted by molar-refractivity contribution is 0.250. The third-order valence-corrected chi connectivity index (χ3v) is 4.57. The van der Waals surface area contributed by atoms with Gasteiger partial charge in [-0.2, -0.15) is 5.10 Å². The summed E-state index contributed by atoms with van der Waals surface area (Å²) >= 11 is 0. The molecule has 1 heterocycles. The van der Waals surface area contributed by atoms with Crippen LogP contribution in [0.4, 0.5) is 10.8 Å². The molecule has 0 radical (unpaired) electrons. The second kappa shape index (κ2) is 9.08. The van der Waals surface area contributed by atoms with Crippen molar-refractivity contribution in [1.82, 2.24) is 15.6 Å². The molecule has 1 aromatic heterocycles. The minimum atomic E-state index is -0.586. The Balaban J connectivity index is 1.30. The number of benzene rings is 3. The number of anilines is 1. The van der Waals surface area contributed by atoms with Gasteiger partial charge in [0.15, 0.2) is 6.61 Å². The highest BCUT2D eigenvalue weighted by atomic mass is 16.5. The van der Waals surface area contributed by atoms with E-state index < -0.39 is 6.03 Å². The molecule has 3 aromatic carbocycles. The summed E-state index contributed by atoms with van der Waals surface area (Å²) in [4.78, 5) is 12.0. The van der Waals surface area contributed by atoms with Crippen molar-refractivity contribution in [2.75, 3.05) is 5.32 Å². The maximum Gasteiger partial charge on any atom is 0.343 e. The zero-order valence-corrected chi connectivity index (χ0v) is 17.1. The van der Waals surface area contributed by atoms with Gasteiger partial charge in [-0.15, -0.1) is 5.10 Å². The highest BCUT2D eigenvalue weighted by Gasteiger charge is 2.10. The number of nitrogens with one attached hydrogen (secondary N) is 2. The topological polar surface area (TPSA) is 102 Å². The third-order valence-electron chi connectivity index (χ3n) is 4.57. The van der Waals surface area contributed by atoms with Gasteiger partial charge in [0.25, 0.3) is 5.89 Å². The Bertz CT molecular complexity index is 1230. The molecule has 4 aromatic rings. The number of ether oxygens (including phenoxy) is 1. The summed E-state index contributed by atoms with van der Waals surface area (Å²) in [6.45, 7) is 3.90. The maximum atomic E-state index is 12.0. The fourth-order valence-corrected chi connectivity index (χ4v) is 2.88. The van der Waals surface area contributed by atoms with Crippen LogP contribution >= 0.6 is 0 Å². The highest BCUT2D eigenvalue weighted by Crippen LogP contribution is 2.21. The number of rotatable bonds is 6. The smallest absolute Gasteiger partial charge is 0.343 e. The highest BCUT2D eigenvalue weighted by molar-refractivity contribution is 5.99. The van der Waals surface area contributed by atoms with Gasteiger partial charge in [-0.3, -0.25) is 5.32 Å². The molecule has 0 bridgehead atoms. The van der Waals surface area contributed by atoms with E-state index in [1.54, 1.807) is 6.92 Å². The minimum absolute atomic E-state index is 0.0437. The van der Waals surface area contributed by atoms with Crippen molar-refractivity contribution < 1.29 is 13.9 Å². The van der Waals surface area contributed by atoms with Crippen molar-refractivity contribution in [2.45, 2.75) is 20.5 Å². The molecule has 0 atom stereocenters. The first-order chi connectivity index (χ1) is 15.1. The number of carbonyl (C=O) groups excluding carboxylic acids is 1. The van der Waals surface area contributed by atoms with Crippen LogP contribution in [0.3, 0.4) is 0 Å². The van der Waals surface area contributed by atoms with E-state index in [2.05, 4.69) is 26.0 Å². The second-order valence-corrected chi connectivity index (χ2v) is 6.93. The maximum absolute atomic E-state index is 12.0. The van der Waals surface area contributed by atoms with Crippen LogP contribution in [0.2, 0.25) is 0 Å². The monoisotopic (exact) mass is 415 g/mol. The van der Waals surface area contributed by atoms with Gasteiger partial charge in [-0.1, -0.05) is 65.3 Å². The lowest BCUT2D eigenvalue weighted by Crippen LogP contribution is -2.25. The van der Waals surface area contributed by atoms with Crippen LogP contribution in [0, 0.1) is 6.92 Å². The average molecular weight is 415 g/mol. The zero-order chi connectivity index (χ0) is 21.6. The first-order valence-electron chi connectivity index (χ1n) is 9.69. The number of hydrogen-bond acceptors (Lipinski definition) is 6. The number of aromatic nitrogens is 2. The van der Waals surface area contributed by atoms with Gasteiger partial charge >= 0.3 is 12.0 Å². The minimum Gasteiger partial charge on any atom is -0.484 e.